The van der Waals surface area contributed by atoms with E-state index in [0.29, 0.717) is 6.08 Å². The number of aliphatic hydroxyl groups excluding tert-OH is 1. The third-order valence-electron chi connectivity index (χ3n) is 5.83. The highest BCUT2D eigenvalue weighted by atomic mass is 16.7. The van der Waals surface area contributed by atoms with E-state index in [9.17, 15) is 39.5 Å². The number of rotatable bonds is 7. The number of esters is 2. The average Bonchev–Trinajstić information content (AvgIpc) is 2.95. The number of carboxylic acid groups (broad SMARTS) is 1. The molecule has 1 aliphatic rings. The molecule has 11 heteroatoms. The van der Waals surface area contributed by atoms with Gasteiger partial charge in [0.05, 0.1) is 27.2 Å². The molecular formula is C28H19NO10. The summed E-state index contributed by atoms with van der Waals surface area (Å²) in [5, 5.41) is 33.7. The van der Waals surface area contributed by atoms with Crippen molar-refractivity contribution in [2.45, 2.75) is 11.8 Å². The van der Waals surface area contributed by atoms with Crippen LogP contribution in [0.1, 0.15) is 26.3 Å². The molecule has 39 heavy (non-hydrogen) atoms. The number of aliphatic carboxylic acids is 1. The molecule has 196 valence electrons. The van der Waals surface area contributed by atoms with Gasteiger partial charge in [0.25, 0.3) is 5.78 Å². The lowest BCUT2D eigenvalue weighted by Crippen LogP contribution is -2.62. The summed E-state index contributed by atoms with van der Waals surface area (Å²) in [5.41, 5.74) is -5.47. The first-order valence-corrected chi connectivity index (χ1v) is 11.3. The van der Waals surface area contributed by atoms with Crippen molar-refractivity contribution >= 4 is 29.5 Å². The first-order chi connectivity index (χ1) is 18.7. The number of nitro groups is 1. The van der Waals surface area contributed by atoms with Crippen LogP contribution in [0.25, 0.3) is 5.76 Å². The van der Waals surface area contributed by atoms with Gasteiger partial charge in [0.15, 0.2) is 0 Å². The van der Waals surface area contributed by atoms with Gasteiger partial charge in [-0.15, -0.1) is 0 Å². The first-order valence-electron chi connectivity index (χ1n) is 11.3. The number of nitrogens with zero attached hydrogens (tertiary/aromatic N) is 1. The molecule has 1 aliphatic carbocycles. The minimum absolute atomic E-state index is 0.0126. The molecule has 2 atom stereocenters. The van der Waals surface area contributed by atoms with E-state index in [2.05, 4.69) is 0 Å². The van der Waals surface area contributed by atoms with E-state index in [0.717, 1.165) is 0 Å². The van der Waals surface area contributed by atoms with Gasteiger partial charge in [0, 0.05) is 11.6 Å². The van der Waals surface area contributed by atoms with Crippen LogP contribution in [-0.4, -0.2) is 50.7 Å². The Morgan fingerprint density at radius 1 is 0.769 bits per heavy atom. The number of hydrogen-bond acceptors (Lipinski definition) is 9. The summed E-state index contributed by atoms with van der Waals surface area (Å²) in [7, 11) is 0. The molecule has 0 aromatic heterocycles. The molecule has 4 rings (SSSR count). The third kappa shape index (κ3) is 5.01. The molecule has 3 aromatic rings. The largest absolute Gasteiger partial charge is 0.507 e. The van der Waals surface area contributed by atoms with Gasteiger partial charge in [0.1, 0.15) is 5.76 Å². The highest BCUT2D eigenvalue weighted by Crippen LogP contribution is 2.40. The Bertz CT molecular complexity index is 1510. The van der Waals surface area contributed by atoms with Crippen molar-refractivity contribution < 1.29 is 43.8 Å². The molecule has 11 nitrogen and oxygen atoms in total. The predicted octanol–water partition coefficient (Wildman–Crippen LogP) is 3.61. The molecule has 0 amide bonds. The van der Waals surface area contributed by atoms with Gasteiger partial charge in [-0.25, -0.2) is 14.4 Å². The molecule has 0 radical (unpaired) electrons. The van der Waals surface area contributed by atoms with Crippen LogP contribution < -0.4 is 0 Å². The monoisotopic (exact) mass is 529 g/mol. The van der Waals surface area contributed by atoms with E-state index in [1.165, 1.54) is 72.8 Å². The van der Waals surface area contributed by atoms with E-state index in [1.54, 1.807) is 18.2 Å². The quantitative estimate of drug-likeness (QED) is 0.151. The number of aliphatic hydroxyl groups is 1. The van der Waals surface area contributed by atoms with Crippen molar-refractivity contribution in [1.29, 1.82) is 0 Å². The van der Waals surface area contributed by atoms with Gasteiger partial charge in [0.2, 0.25) is 6.10 Å². The lowest BCUT2D eigenvalue weighted by Gasteiger charge is -2.34. The van der Waals surface area contributed by atoms with Crippen LogP contribution in [0, 0.1) is 10.1 Å². The van der Waals surface area contributed by atoms with Gasteiger partial charge >= 0.3 is 23.6 Å². The molecule has 0 heterocycles. The van der Waals surface area contributed by atoms with Crippen LogP contribution in [-0.2, 0) is 19.1 Å². The van der Waals surface area contributed by atoms with Crippen LogP contribution in [0.5, 0.6) is 0 Å². The maximum atomic E-state index is 13.3. The van der Waals surface area contributed by atoms with Crippen molar-refractivity contribution in [1.82, 2.24) is 0 Å². The number of benzene rings is 3. The average molecular weight is 529 g/mol. The van der Waals surface area contributed by atoms with Gasteiger partial charge in [-0.3, -0.25) is 14.9 Å². The fourth-order valence-electron chi connectivity index (χ4n) is 3.95. The van der Waals surface area contributed by atoms with E-state index in [-0.39, 0.29) is 16.7 Å². The number of hydrogen-bond donors (Lipinski definition) is 2. The van der Waals surface area contributed by atoms with Gasteiger partial charge in [-0.1, -0.05) is 66.7 Å². The molecule has 2 N–H and O–H groups in total. The third-order valence-corrected chi connectivity index (χ3v) is 5.83. The Balaban J connectivity index is 1.99. The maximum Gasteiger partial charge on any atom is 0.470 e. The molecule has 0 fully saturated rings. The van der Waals surface area contributed by atoms with Crippen LogP contribution in [0.2, 0.25) is 0 Å². The Kier molecular flexibility index (Phi) is 7.34. The minimum Gasteiger partial charge on any atom is -0.507 e. The highest BCUT2D eigenvalue weighted by molar-refractivity contribution is 6.10. The van der Waals surface area contributed by atoms with E-state index in [4.69, 9.17) is 9.47 Å². The summed E-state index contributed by atoms with van der Waals surface area (Å²) in [4.78, 5) is 62.9. The number of carbonyl (C=O) groups is 4. The molecule has 0 aliphatic heterocycles. The molecule has 0 spiro atoms. The smallest absolute Gasteiger partial charge is 0.470 e. The normalized spacial score (nSPS) is 19.8. The molecule has 0 saturated heterocycles. The van der Waals surface area contributed by atoms with Crippen LogP contribution in [0.3, 0.4) is 0 Å². The molecule has 3 aromatic carbocycles. The van der Waals surface area contributed by atoms with Crippen LogP contribution in [0.15, 0.2) is 108 Å². The zero-order chi connectivity index (χ0) is 28.2. The molecule has 2 unspecified atom stereocenters. The van der Waals surface area contributed by atoms with E-state index >= 15 is 0 Å². The topological polar surface area (TPSA) is 170 Å². The second kappa shape index (κ2) is 10.8. The van der Waals surface area contributed by atoms with Crippen LogP contribution >= 0.6 is 0 Å². The number of carbonyl (C=O) groups excluding carboxylic acids is 3. The standard InChI is InChI=1S/C28H19NO10/c30-21-16-20(25(32)33)22(23(31)17-10-4-1-5-11-17)24(38-26(34)18-12-6-2-7-13-18)28(21,29(36)37)39-27(35)19-14-8-3-9-15-19/h1-16,24,31H,(H,32,33). The SMILES string of the molecule is O=C(O)C1=CC(=O)C(OC(=O)c2ccccc2)([N+](=O)[O-])C(OC(=O)c2ccccc2)C1=C(O)c1ccccc1. The summed E-state index contributed by atoms with van der Waals surface area (Å²) in [6.07, 6.45) is -2.14. The number of carboxylic acids is 1. The second-order valence-corrected chi connectivity index (χ2v) is 8.22. The summed E-state index contributed by atoms with van der Waals surface area (Å²) in [6, 6.07) is 21.4. The fraction of sp³-hybridized carbons (Fsp3) is 0.0714. The Morgan fingerprint density at radius 3 is 1.69 bits per heavy atom. The lowest BCUT2D eigenvalue weighted by molar-refractivity contribution is -0.609. The molecule has 0 saturated carbocycles. The van der Waals surface area contributed by atoms with Gasteiger partial charge in [-0.05, 0) is 24.3 Å². The lowest BCUT2D eigenvalue weighted by atomic mass is 9.81. The predicted molar refractivity (Wildman–Crippen MR) is 134 cm³/mol. The van der Waals surface area contributed by atoms with Crippen molar-refractivity contribution in [3.8, 4) is 0 Å². The maximum absolute atomic E-state index is 13.3. The molecular weight excluding hydrogens is 510 g/mol. The Morgan fingerprint density at radius 2 is 1.23 bits per heavy atom. The Labute approximate surface area is 220 Å². The van der Waals surface area contributed by atoms with Crippen molar-refractivity contribution in [3.63, 3.8) is 0 Å². The van der Waals surface area contributed by atoms with Gasteiger partial charge in [-0.2, -0.15) is 0 Å². The second-order valence-electron chi connectivity index (χ2n) is 8.22. The highest BCUT2D eigenvalue weighted by Gasteiger charge is 2.68. The summed E-state index contributed by atoms with van der Waals surface area (Å²) >= 11 is 0. The number of ether oxygens (including phenoxy) is 2. The molecule has 0 bridgehead atoms. The summed E-state index contributed by atoms with van der Waals surface area (Å²) in [6.45, 7) is 0. The van der Waals surface area contributed by atoms with Gasteiger partial charge < -0.3 is 19.7 Å². The number of ketones is 1. The van der Waals surface area contributed by atoms with Crippen LogP contribution in [0.4, 0.5) is 0 Å². The first kappa shape index (κ1) is 26.5. The zero-order valence-corrected chi connectivity index (χ0v) is 19.9. The summed E-state index contributed by atoms with van der Waals surface area (Å²) < 4.78 is 10.6. The van der Waals surface area contributed by atoms with Crippen molar-refractivity contribution in [2.75, 3.05) is 0 Å². The summed E-state index contributed by atoms with van der Waals surface area (Å²) in [5.74, 6) is -6.73. The minimum atomic E-state index is -3.48. The van der Waals surface area contributed by atoms with Crippen molar-refractivity contribution in [3.05, 3.63) is 135 Å². The van der Waals surface area contributed by atoms with Crippen molar-refractivity contribution in [2.24, 2.45) is 0 Å². The van der Waals surface area contributed by atoms with E-state index < -0.39 is 57.3 Å². The Hall–Kier alpha value is -5.58. The zero-order valence-electron chi connectivity index (χ0n) is 19.9. The fourth-order valence-corrected chi connectivity index (χ4v) is 3.95. The van der Waals surface area contributed by atoms with E-state index in [1.807, 2.05) is 0 Å².